The fourth-order valence-corrected chi connectivity index (χ4v) is 6.90. The first kappa shape index (κ1) is 26.6. The molecule has 14 heteroatoms. The van der Waals surface area contributed by atoms with Crippen LogP contribution in [0, 0.1) is 0 Å². The van der Waals surface area contributed by atoms with E-state index >= 15 is 0 Å². The van der Waals surface area contributed by atoms with Crippen molar-refractivity contribution in [3.8, 4) is 11.1 Å². The molecule has 3 heterocycles. The molecule has 200 valence electrons. The number of anilines is 1. The Morgan fingerprint density at radius 2 is 1.71 bits per heavy atom. The molecule has 1 fully saturated rings. The lowest BCUT2D eigenvalue weighted by Gasteiger charge is -2.17. The third-order valence-corrected chi connectivity index (χ3v) is 9.56. The topological polar surface area (TPSA) is 169 Å². The molecule has 1 saturated heterocycles. The molecule has 2 aromatic carbocycles. The fraction of sp³-hybridized carbons (Fsp3) is 0.292. The molecule has 4 N–H and O–H groups in total. The van der Waals surface area contributed by atoms with Gasteiger partial charge in [-0.25, -0.2) is 15.0 Å². The van der Waals surface area contributed by atoms with E-state index in [4.69, 9.17) is 19.0 Å². The SMILES string of the molecule is O=P(O)(O)CP(=O)(O)OC[C@@H]1CC[C@H](n2cnc3c(NCc4ccc(-c5ccccc5)cc4)ncnc32)O1. The van der Waals surface area contributed by atoms with Crippen molar-refractivity contribution in [1.82, 2.24) is 19.5 Å². The van der Waals surface area contributed by atoms with E-state index in [1.54, 1.807) is 10.9 Å². The standard InChI is InChI=1S/C24H27N5O7P2/c30-37(31,32)16-38(33,34)35-13-20-10-11-21(36-20)29-15-28-22-23(26-14-27-24(22)29)25-12-17-6-8-19(9-7-17)18-4-2-1-3-5-18/h1-9,14-15,20-21H,10-13,16H2,(H,33,34)(H,25,26,27)(H2,30,31,32)/t20-,21+/m0/s1. The van der Waals surface area contributed by atoms with E-state index in [1.165, 1.54) is 6.33 Å². The molecule has 0 radical (unpaired) electrons. The first-order valence-corrected chi connectivity index (χ1v) is 15.4. The largest absolute Gasteiger partial charge is 0.364 e. The van der Waals surface area contributed by atoms with Crippen LogP contribution >= 0.6 is 15.2 Å². The Balaban J connectivity index is 1.21. The maximum atomic E-state index is 11.9. The molecule has 1 unspecified atom stereocenters. The average molecular weight is 559 g/mol. The minimum atomic E-state index is -4.68. The van der Waals surface area contributed by atoms with Crippen LogP contribution in [-0.2, 0) is 24.9 Å². The zero-order chi connectivity index (χ0) is 26.8. The van der Waals surface area contributed by atoms with E-state index < -0.39 is 33.4 Å². The lowest BCUT2D eigenvalue weighted by Crippen LogP contribution is -2.16. The molecular formula is C24H27N5O7P2. The summed E-state index contributed by atoms with van der Waals surface area (Å²) in [5.74, 6) is -0.649. The first-order chi connectivity index (χ1) is 18.2. The number of ether oxygens (including phenoxy) is 1. The van der Waals surface area contributed by atoms with Crippen LogP contribution in [0.4, 0.5) is 5.82 Å². The van der Waals surface area contributed by atoms with Crippen molar-refractivity contribution in [2.45, 2.75) is 31.7 Å². The van der Waals surface area contributed by atoms with Gasteiger partial charge in [0.05, 0.1) is 19.0 Å². The van der Waals surface area contributed by atoms with Gasteiger partial charge < -0.3 is 29.3 Å². The molecule has 0 aliphatic carbocycles. The zero-order valence-electron chi connectivity index (χ0n) is 20.2. The molecule has 0 saturated carbocycles. The number of hydrogen-bond donors (Lipinski definition) is 4. The van der Waals surface area contributed by atoms with Gasteiger partial charge in [0.25, 0.3) is 0 Å². The number of fused-ring (bicyclic) bond motifs is 1. The van der Waals surface area contributed by atoms with Crippen molar-refractivity contribution in [1.29, 1.82) is 0 Å². The number of hydrogen-bond acceptors (Lipinski definition) is 8. The summed E-state index contributed by atoms with van der Waals surface area (Å²) in [7, 11) is -9.12. The van der Waals surface area contributed by atoms with Crippen LogP contribution in [0.3, 0.4) is 0 Å². The quantitative estimate of drug-likeness (QED) is 0.206. The van der Waals surface area contributed by atoms with E-state index in [2.05, 4.69) is 56.7 Å². The van der Waals surface area contributed by atoms with Crippen LogP contribution in [0.15, 0.2) is 67.3 Å². The molecule has 3 atom stereocenters. The molecule has 0 amide bonds. The van der Waals surface area contributed by atoms with Crippen LogP contribution in [0.5, 0.6) is 0 Å². The van der Waals surface area contributed by atoms with Crippen LogP contribution in [0.2, 0.25) is 0 Å². The summed E-state index contributed by atoms with van der Waals surface area (Å²) in [5, 5.41) is 3.32. The summed E-state index contributed by atoms with van der Waals surface area (Å²) >= 11 is 0. The predicted molar refractivity (Wildman–Crippen MR) is 140 cm³/mol. The van der Waals surface area contributed by atoms with Crippen LogP contribution in [0.1, 0.15) is 24.6 Å². The van der Waals surface area contributed by atoms with Gasteiger partial charge in [0, 0.05) is 6.54 Å². The predicted octanol–water partition coefficient (Wildman–Crippen LogP) is 4.12. The number of rotatable bonds is 10. The normalized spacial score (nSPS) is 19.4. The number of nitrogens with one attached hydrogen (secondary N) is 1. The fourth-order valence-electron chi connectivity index (χ4n) is 4.31. The van der Waals surface area contributed by atoms with Gasteiger partial charge in [0.2, 0.25) is 0 Å². The van der Waals surface area contributed by atoms with Gasteiger partial charge in [0.15, 0.2) is 22.9 Å². The van der Waals surface area contributed by atoms with E-state index in [-0.39, 0.29) is 6.61 Å². The Morgan fingerprint density at radius 1 is 0.974 bits per heavy atom. The second-order valence-electron chi connectivity index (χ2n) is 8.99. The van der Waals surface area contributed by atoms with Crippen molar-refractivity contribution in [2.75, 3.05) is 17.8 Å². The third kappa shape index (κ3) is 6.54. The summed E-state index contributed by atoms with van der Waals surface area (Å²) in [6.45, 7) is 0.283. The highest BCUT2D eigenvalue weighted by atomic mass is 31.2. The van der Waals surface area contributed by atoms with Crippen LogP contribution in [0.25, 0.3) is 22.3 Å². The summed E-state index contributed by atoms with van der Waals surface area (Å²) in [4.78, 5) is 40.7. The van der Waals surface area contributed by atoms with Crippen LogP contribution < -0.4 is 5.32 Å². The summed E-state index contributed by atoms with van der Waals surface area (Å²) in [6.07, 6.45) is 3.21. The van der Waals surface area contributed by atoms with E-state index in [0.29, 0.717) is 36.4 Å². The highest BCUT2D eigenvalue weighted by molar-refractivity contribution is 7.70. The Kier molecular flexibility index (Phi) is 7.74. The number of imidazole rings is 1. The Morgan fingerprint density at radius 3 is 2.45 bits per heavy atom. The van der Waals surface area contributed by atoms with Gasteiger partial charge in [0.1, 0.15) is 12.6 Å². The third-order valence-electron chi connectivity index (χ3n) is 6.10. The van der Waals surface area contributed by atoms with Crippen molar-refractivity contribution in [3.63, 3.8) is 0 Å². The Labute approximate surface area is 218 Å². The molecule has 5 rings (SSSR count). The monoisotopic (exact) mass is 559 g/mol. The van der Waals surface area contributed by atoms with E-state index in [1.807, 2.05) is 18.2 Å². The van der Waals surface area contributed by atoms with E-state index in [0.717, 1.165) is 16.7 Å². The zero-order valence-corrected chi connectivity index (χ0v) is 22.0. The number of nitrogens with zero attached hydrogens (tertiary/aromatic N) is 4. The highest BCUT2D eigenvalue weighted by Crippen LogP contribution is 2.55. The molecule has 2 aromatic heterocycles. The molecule has 1 aliphatic rings. The summed E-state index contributed by atoms with van der Waals surface area (Å²) < 4.78 is 35.5. The van der Waals surface area contributed by atoms with Gasteiger partial charge >= 0.3 is 15.2 Å². The summed E-state index contributed by atoms with van der Waals surface area (Å²) in [6, 6.07) is 18.4. The van der Waals surface area contributed by atoms with Gasteiger partial charge in [-0.1, -0.05) is 54.6 Å². The molecule has 0 bridgehead atoms. The maximum absolute atomic E-state index is 11.9. The van der Waals surface area contributed by atoms with Crippen molar-refractivity contribution in [3.05, 3.63) is 72.8 Å². The average Bonchev–Trinajstić information content (AvgIpc) is 3.53. The molecule has 38 heavy (non-hydrogen) atoms. The maximum Gasteiger partial charge on any atom is 0.340 e. The van der Waals surface area contributed by atoms with Gasteiger partial charge in [-0.15, -0.1) is 0 Å². The molecule has 4 aromatic rings. The van der Waals surface area contributed by atoms with Crippen molar-refractivity contribution < 1.29 is 33.1 Å². The minimum Gasteiger partial charge on any atom is -0.364 e. The van der Waals surface area contributed by atoms with Crippen molar-refractivity contribution in [2.24, 2.45) is 0 Å². The van der Waals surface area contributed by atoms with E-state index in [9.17, 15) is 14.0 Å². The van der Waals surface area contributed by atoms with Gasteiger partial charge in [-0.2, -0.15) is 0 Å². The molecule has 0 spiro atoms. The molecule has 12 nitrogen and oxygen atoms in total. The van der Waals surface area contributed by atoms with Crippen LogP contribution in [-0.4, -0.2) is 52.8 Å². The first-order valence-electron chi connectivity index (χ1n) is 11.9. The number of benzene rings is 2. The second-order valence-corrected chi connectivity index (χ2v) is 13.0. The number of aromatic nitrogens is 4. The summed E-state index contributed by atoms with van der Waals surface area (Å²) in [5.41, 5.74) is 4.53. The van der Waals surface area contributed by atoms with Crippen molar-refractivity contribution >= 4 is 32.2 Å². The van der Waals surface area contributed by atoms with Gasteiger partial charge in [-0.05, 0) is 29.5 Å². The smallest absolute Gasteiger partial charge is 0.340 e. The Hall–Kier alpha value is -2.95. The second kappa shape index (κ2) is 11.0. The minimum absolute atomic E-state index is 0.262. The highest BCUT2D eigenvalue weighted by Gasteiger charge is 2.34. The Bertz CT molecular complexity index is 1490. The van der Waals surface area contributed by atoms with Gasteiger partial charge in [-0.3, -0.25) is 13.7 Å². The lowest BCUT2D eigenvalue weighted by atomic mass is 10.0. The molecular weight excluding hydrogens is 532 g/mol. The lowest BCUT2D eigenvalue weighted by molar-refractivity contribution is -0.0173. The molecule has 1 aliphatic heterocycles.